The molecule has 0 spiro atoms. The predicted molar refractivity (Wildman–Crippen MR) is 136 cm³/mol. The van der Waals surface area contributed by atoms with Crippen molar-refractivity contribution in [1.82, 2.24) is 39.8 Å². The van der Waals surface area contributed by atoms with Crippen LogP contribution >= 0.6 is 0 Å². The minimum atomic E-state index is 0.0395. The number of benzene rings is 1. The molecule has 1 amide bonds. The van der Waals surface area contributed by atoms with Crippen molar-refractivity contribution in [2.45, 2.75) is 52.1 Å². The Morgan fingerprint density at radius 3 is 2.75 bits per heavy atom. The monoisotopic (exact) mass is 483 g/mol. The lowest BCUT2D eigenvalue weighted by Crippen LogP contribution is -2.44. The summed E-state index contributed by atoms with van der Waals surface area (Å²) < 4.78 is 1.80. The summed E-state index contributed by atoms with van der Waals surface area (Å²) in [6.45, 7) is 7.10. The van der Waals surface area contributed by atoms with Crippen LogP contribution in [0, 0.1) is 0 Å². The summed E-state index contributed by atoms with van der Waals surface area (Å²) in [4.78, 5) is 32.5. The molecule has 1 fully saturated rings. The Labute approximate surface area is 209 Å². The van der Waals surface area contributed by atoms with Crippen LogP contribution in [0.4, 0.5) is 11.5 Å². The molecule has 184 valence electrons. The van der Waals surface area contributed by atoms with Crippen molar-refractivity contribution < 1.29 is 4.79 Å². The zero-order valence-electron chi connectivity index (χ0n) is 20.7. The van der Waals surface area contributed by atoms with Crippen LogP contribution in [0.5, 0.6) is 0 Å². The summed E-state index contributed by atoms with van der Waals surface area (Å²) in [6.07, 6.45) is 8.73. The van der Waals surface area contributed by atoms with Crippen LogP contribution in [0.15, 0.2) is 55.1 Å². The maximum absolute atomic E-state index is 12.2. The highest BCUT2D eigenvalue weighted by Gasteiger charge is 2.30. The quantitative estimate of drug-likeness (QED) is 0.436. The van der Waals surface area contributed by atoms with Gasteiger partial charge in [0.15, 0.2) is 0 Å². The number of aryl methyl sites for hydroxylation is 1. The van der Waals surface area contributed by atoms with E-state index < -0.39 is 0 Å². The fourth-order valence-corrected chi connectivity index (χ4v) is 4.52. The molecule has 2 atom stereocenters. The zero-order valence-corrected chi connectivity index (χ0v) is 20.7. The number of hydrogen-bond acceptors (Lipinski definition) is 8. The topological polar surface area (TPSA) is 115 Å². The first-order valence-corrected chi connectivity index (χ1v) is 12.2. The molecule has 0 bridgehead atoms. The van der Waals surface area contributed by atoms with Crippen molar-refractivity contribution in [3.63, 3.8) is 0 Å². The van der Waals surface area contributed by atoms with Crippen LogP contribution < -0.4 is 5.32 Å². The van der Waals surface area contributed by atoms with Crippen LogP contribution in [-0.2, 0) is 11.3 Å². The van der Waals surface area contributed by atoms with Crippen molar-refractivity contribution in [2.24, 2.45) is 0 Å². The number of anilines is 2. The summed E-state index contributed by atoms with van der Waals surface area (Å²) in [7, 11) is 0. The molecular formula is C26H29N9O. The molecule has 1 aromatic carbocycles. The molecule has 1 N–H and O–H groups in total. The lowest BCUT2D eigenvalue weighted by Gasteiger charge is -2.37. The first kappa shape index (κ1) is 23.5. The summed E-state index contributed by atoms with van der Waals surface area (Å²) in [5.74, 6) is 1.47. The Kier molecular flexibility index (Phi) is 6.66. The van der Waals surface area contributed by atoms with Gasteiger partial charge in [-0.25, -0.2) is 9.97 Å². The molecule has 1 aliphatic rings. The lowest BCUT2D eigenvalue weighted by molar-refractivity contribution is -0.132. The molecule has 3 aromatic heterocycles. The first-order chi connectivity index (χ1) is 17.5. The van der Waals surface area contributed by atoms with Gasteiger partial charge in [-0.05, 0) is 38.8 Å². The van der Waals surface area contributed by atoms with Gasteiger partial charge in [-0.2, -0.15) is 0 Å². The van der Waals surface area contributed by atoms with Crippen molar-refractivity contribution in [2.75, 3.05) is 11.9 Å². The Morgan fingerprint density at radius 1 is 1.11 bits per heavy atom. The van der Waals surface area contributed by atoms with Gasteiger partial charge >= 0.3 is 0 Å². The second-order valence-corrected chi connectivity index (χ2v) is 9.05. The van der Waals surface area contributed by atoms with Gasteiger partial charge in [0.25, 0.3) is 0 Å². The molecule has 1 aliphatic heterocycles. The van der Waals surface area contributed by atoms with Crippen molar-refractivity contribution in [1.29, 1.82) is 0 Å². The molecule has 4 heterocycles. The molecule has 0 aliphatic carbocycles. The normalized spacial score (nSPS) is 17.7. The second-order valence-electron chi connectivity index (χ2n) is 9.05. The molecule has 36 heavy (non-hydrogen) atoms. The van der Waals surface area contributed by atoms with Gasteiger partial charge in [0, 0.05) is 61.7 Å². The third kappa shape index (κ3) is 5.07. The Morgan fingerprint density at radius 2 is 2.00 bits per heavy atom. The van der Waals surface area contributed by atoms with Crippen molar-refractivity contribution >= 4 is 17.4 Å². The molecule has 0 saturated carbocycles. The van der Waals surface area contributed by atoms with Crippen molar-refractivity contribution in [3.05, 3.63) is 60.9 Å². The van der Waals surface area contributed by atoms with Gasteiger partial charge in [-0.1, -0.05) is 17.3 Å². The Hall–Kier alpha value is -4.21. The van der Waals surface area contributed by atoms with E-state index in [9.17, 15) is 4.79 Å². The third-order valence-corrected chi connectivity index (χ3v) is 6.51. The number of amides is 1. The van der Waals surface area contributed by atoms with Gasteiger partial charge in [0.2, 0.25) is 5.91 Å². The van der Waals surface area contributed by atoms with E-state index in [1.54, 1.807) is 30.2 Å². The van der Waals surface area contributed by atoms with Crippen LogP contribution in [0.1, 0.15) is 45.4 Å². The van der Waals surface area contributed by atoms with E-state index in [0.717, 1.165) is 36.3 Å². The highest BCUT2D eigenvalue weighted by atomic mass is 16.2. The summed E-state index contributed by atoms with van der Waals surface area (Å²) in [5.41, 5.74) is 3.99. The average molecular weight is 484 g/mol. The van der Waals surface area contributed by atoms with E-state index in [0.29, 0.717) is 29.6 Å². The highest BCUT2D eigenvalue weighted by Crippen LogP contribution is 2.31. The molecule has 10 nitrogen and oxygen atoms in total. The first-order valence-electron chi connectivity index (χ1n) is 12.2. The molecule has 4 aromatic rings. The summed E-state index contributed by atoms with van der Waals surface area (Å²) in [6, 6.07) is 10.1. The highest BCUT2D eigenvalue weighted by molar-refractivity contribution is 5.74. The minimum absolute atomic E-state index is 0.0395. The number of carbonyl (C=O) groups excluding carboxylic acids is 1. The molecule has 5 rings (SSSR count). The van der Waals surface area contributed by atoms with Gasteiger partial charge in [0.05, 0.1) is 18.1 Å². The number of nitrogens with one attached hydrogen (secondary N) is 1. The largest absolute Gasteiger partial charge is 0.340 e. The molecule has 1 saturated heterocycles. The number of hydrogen-bond donors (Lipinski definition) is 1. The van der Waals surface area contributed by atoms with E-state index in [4.69, 9.17) is 9.97 Å². The zero-order chi connectivity index (χ0) is 25.1. The fraction of sp³-hybridized carbons (Fsp3) is 0.346. The molecule has 10 heteroatoms. The summed E-state index contributed by atoms with van der Waals surface area (Å²) >= 11 is 0. The second kappa shape index (κ2) is 10.2. The van der Waals surface area contributed by atoms with Gasteiger partial charge in [-0.15, -0.1) is 5.10 Å². The number of likely N-dealkylation sites (tertiary alicyclic amines) is 1. The van der Waals surface area contributed by atoms with E-state index >= 15 is 0 Å². The predicted octanol–water partition coefficient (Wildman–Crippen LogP) is 4.07. The van der Waals surface area contributed by atoms with E-state index in [1.165, 1.54) is 0 Å². The van der Waals surface area contributed by atoms with Gasteiger partial charge in [0.1, 0.15) is 23.0 Å². The Bertz CT molecular complexity index is 1350. The summed E-state index contributed by atoms with van der Waals surface area (Å²) in [5, 5.41) is 11.8. The van der Waals surface area contributed by atoms with E-state index in [1.807, 2.05) is 48.4 Å². The van der Waals surface area contributed by atoms with Gasteiger partial charge < -0.3 is 10.2 Å². The number of carbonyl (C=O) groups is 1. The van der Waals surface area contributed by atoms with Crippen LogP contribution in [0.2, 0.25) is 0 Å². The smallest absolute Gasteiger partial charge is 0.219 e. The average Bonchev–Trinajstić information content (AvgIpc) is 3.39. The van der Waals surface area contributed by atoms with Gasteiger partial charge in [-0.3, -0.25) is 19.4 Å². The van der Waals surface area contributed by atoms with E-state index in [2.05, 4.69) is 32.5 Å². The maximum atomic E-state index is 12.2. The molecule has 0 radical (unpaired) electrons. The van der Waals surface area contributed by atoms with Crippen LogP contribution in [0.25, 0.3) is 22.6 Å². The lowest BCUT2D eigenvalue weighted by atomic mass is 9.92. The minimum Gasteiger partial charge on any atom is -0.340 e. The SMILES string of the molecule is CCn1cc(-c2cccc(Nc3cc(-c4cnccn4)nc([C@@H]4CC[C@H](C)N(C(C)=O)C4)n3)c2)nn1. The molecule has 0 unspecified atom stereocenters. The fourth-order valence-electron chi connectivity index (χ4n) is 4.52. The van der Waals surface area contributed by atoms with E-state index in [-0.39, 0.29) is 17.9 Å². The maximum Gasteiger partial charge on any atom is 0.219 e. The standard InChI is InChI=1S/C26H29N9O/c1-4-34-16-24(32-33-34)19-6-5-7-21(12-19)29-25-13-22(23-14-27-10-11-28-23)30-26(31-25)20-9-8-17(2)35(15-20)18(3)36/h5-7,10-14,16-17,20H,4,8-9,15H2,1-3H3,(H,29,30,31)/t17-,20+/m0/s1. The number of nitrogens with zero attached hydrogens (tertiary/aromatic N) is 8. The van der Waals surface area contributed by atoms with Crippen molar-refractivity contribution in [3.8, 4) is 22.6 Å². The number of aromatic nitrogens is 7. The Balaban J connectivity index is 1.48. The third-order valence-electron chi connectivity index (χ3n) is 6.51. The van der Waals surface area contributed by atoms with Crippen LogP contribution in [0.3, 0.4) is 0 Å². The number of rotatable bonds is 6. The van der Waals surface area contributed by atoms with Crippen LogP contribution in [-0.4, -0.2) is 58.3 Å². The number of piperidine rings is 1. The molecular weight excluding hydrogens is 454 g/mol.